The molecule has 1 aliphatic heterocycles. The molecule has 0 bridgehead atoms. The van der Waals surface area contributed by atoms with E-state index in [0.717, 1.165) is 43.9 Å². The summed E-state index contributed by atoms with van der Waals surface area (Å²) in [4.78, 5) is 33.8. The third-order valence-corrected chi connectivity index (χ3v) is 4.37. The summed E-state index contributed by atoms with van der Waals surface area (Å²) in [6.45, 7) is 3.10. The second-order valence-electron chi connectivity index (χ2n) is 6.40. The average molecular weight is 381 g/mol. The van der Waals surface area contributed by atoms with E-state index in [2.05, 4.69) is 25.5 Å². The molecular weight excluding hydrogens is 358 g/mol. The van der Waals surface area contributed by atoms with Gasteiger partial charge in [0, 0.05) is 49.8 Å². The smallest absolute Gasteiger partial charge is 0.335 e. The second kappa shape index (κ2) is 9.50. The number of amidine groups is 1. The zero-order chi connectivity index (χ0) is 19.8. The summed E-state index contributed by atoms with van der Waals surface area (Å²) in [5.74, 6) is -0.0139. The number of aliphatic imine (C=N–C) groups is 1. The van der Waals surface area contributed by atoms with Gasteiger partial charge in [-0.15, -0.1) is 0 Å². The topological polar surface area (TPSA) is 107 Å². The maximum atomic E-state index is 12.0. The van der Waals surface area contributed by atoms with Crippen molar-refractivity contribution in [2.75, 3.05) is 31.5 Å². The predicted octanol–water partition coefficient (Wildman–Crippen LogP) is 2.44. The minimum Gasteiger partial charge on any atom is -0.478 e. The molecule has 0 radical (unpaired) electrons. The molecular formula is C20H23N5O3. The molecule has 0 atom stereocenters. The summed E-state index contributed by atoms with van der Waals surface area (Å²) in [6, 6.07) is 9.63. The number of aromatic carboxylic acids is 1. The Balaban J connectivity index is 1.43. The quantitative estimate of drug-likeness (QED) is 0.639. The molecule has 28 heavy (non-hydrogen) atoms. The van der Waals surface area contributed by atoms with E-state index in [4.69, 9.17) is 5.11 Å². The van der Waals surface area contributed by atoms with E-state index in [0.29, 0.717) is 12.2 Å². The first-order valence-electron chi connectivity index (χ1n) is 9.21. The highest BCUT2D eigenvalue weighted by molar-refractivity contribution is 5.99. The number of benzene rings is 1. The van der Waals surface area contributed by atoms with Crippen molar-refractivity contribution in [3.8, 4) is 0 Å². The molecule has 8 nitrogen and oxygen atoms in total. The van der Waals surface area contributed by atoms with Gasteiger partial charge < -0.3 is 20.6 Å². The predicted molar refractivity (Wildman–Crippen MR) is 107 cm³/mol. The van der Waals surface area contributed by atoms with Gasteiger partial charge in [0.2, 0.25) is 0 Å². The fourth-order valence-electron chi connectivity index (χ4n) is 2.99. The molecule has 146 valence electrons. The van der Waals surface area contributed by atoms with Crippen LogP contribution in [-0.4, -0.2) is 59.0 Å². The molecule has 0 saturated carbocycles. The fourth-order valence-corrected chi connectivity index (χ4v) is 2.99. The van der Waals surface area contributed by atoms with Gasteiger partial charge in [0.05, 0.1) is 5.56 Å². The molecule has 0 unspecified atom stereocenters. The molecule has 0 spiro atoms. The van der Waals surface area contributed by atoms with E-state index >= 15 is 0 Å². The number of hydrogen-bond acceptors (Lipinski definition) is 5. The zero-order valence-corrected chi connectivity index (χ0v) is 15.5. The van der Waals surface area contributed by atoms with Gasteiger partial charge in [0.1, 0.15) is 5.84 Å². The van der Waals surface area contributed by atoms with E-state index in [1.54, 1.807) is 24.5 Å². The van der Waals surface area contributed by atoms with Crippen molar-refractivity contribution >= 4 is 23.5 Å². The number of amides is 2. The molecule has 3 N–H and O–H groups in total. The minimum atomic E-state index is -0.997. The van der Waals surface area contributed by atoms with Crippen molar-refractivity contribution in [1.82, 2.24) is 15.2 Å². The maximum Gasteiger partial charge on any atom is 0.335 e. The lowest BCUT2D eigenvalue weighted by molar-refractivity contribution is 0.0697. The number of anilines is 1. The van der Waals surface area contributed by atoms with Gasteiger partial charge in [-0.05, 0) is 49.2 Å². The van der Waals surface area contributed by atoms with Gasteiger partial charge in [-0.1, -0.05) is 0 Å². The Morgan fingerprint density at radius 1 is 1.11 bits per heavy atom. The number of carboxylic acids is 1. The number of carbonyl (C=O) groups excluding carboxylic acids is 1. The number of rotatable bonds is 7. The van der Waals surface area contributed by atoms with Gasteiger partial charge in [0.25, 0.3) is 0 Å². The molecule has 0 saturated heterocycles. The SMILES string of the molecule is O=C(NCCCN1CCCN=C1c1ccncc1)Nc1ccc(C(=O)O)cc1. The number of nitrogens with one attached hydrogen (secondary N) is 2. The van der Waals surface area contributed by atoms with Gasteiger partial charge in [-0.25, -0.2) is 9.59 Å². The number of carbonyl (C=O) groups is 2. The standard InChI is InChI=1S/C20H23N5O3/c26-19(27)16-3-5-17(6-4-16)24-20(28)23-10-2-14-25-13-1-9-22-18(25)15-7-11-21-12-8-15/h3-8,11-12H,1-2,9-10,13-14H2,(H,26,27)(H2,23,24,28). The Morgan fingerprint density at radius 3 is 2.57 bits per heavy atom. The van der Waals surface area contributed by atoms with Crippen molar-refractivity contribution in [2.45, 2.75) is 12.8 Å². The number of hydrogen-bond donors (Lipinski definition) is 3. The lowest BCUT2D eigenvalue weighted by Crippen LogP contribution is -2.39. The van der Waals surface area contributed by atoms with Crippen LogP contribution < -0.4 is 10.6 Å². The molecule has 0 fully saturated rings. The summed E-state index contributed by atoms with van der Waals surface area (Å²) < 4.78 is 0. The van der Waals surface area contributed by atoms with E-state index in [1.165, 1.54) is 12.1 Å². The molecule has 1 aromatic heterocycles. The first-order chi connectivity index (χ1) is 13.6. The van der Waals surface area contributed by atoms with Gasteiger partial charge >= 0.3 is 12.0 Å². The number of pyridine rings is 1. The van der Waals surface area contributed by atoms with Crippen LogP contribution in [0.2, 0.25) is 0 Å². The average Bonchev–Trinajstić information content (AvgIpc) is 2.72. The summed E-state index contributed by atoms with van der Waals surface area (Å²) >= 11 is 0. The summed E-state index contributed by atoms with van der Waals surface area (Å²) in [5, 5.41) is 14.4. The number of nitrogens with zero attached hydrogens (tertiary/aromatic N) is 3. The lowest BCUT2D eigenvalue weighted by Gasteiger charge is -2.29. The van der Waals surface area contributed by atoms with Crippen LogP contribution in [0.25, 0.3) is 0 Å². The largest absolute Gasteiger partial charge is 0.478 e. The molecule has 0 aliphatic carbocycles. The summed E-state index contributed by atoms with van der Waals surface area (Å²) in [5.41, 5.74) is 1.79. The highest BCUT2D eigenvalue weighted by Gasteiger charge is 2.16. The normalized spacial score (nSPS) is 13.6. The molecule has 8 heteroatoms. The van der Waals surface area contributed by atoms with Crippen LogP contribution in [0.15, 0.2) is 53.8 Å². The van der Waals surface area contributed by atoms with Crippen LogP contribution in [0.5, 0.6) is 0 Å². The van der Waals surface area contributed by atoms with Crippen molar-refractivity contribution in [1.29, 1.82) is 0 Å². The van der Waals surface area contributed by atoms with Crippen LogP contribution in [0.1, 0.15) is 28.8 Å². The summed E-state index contributed by atoms with van der Waals surface area (Å²) in [7, 11) is 0. The Kier molecular flexibility index (Phi) is 6.56. The Hall–Kier alpha value is -3.42. The highest BCUT2D eigenvalue weighted by Crippen LogP contribution is 2.12. The number of aromatic nitrogens is 1. The molecule has 2 aromatic rings. The molecule has 2 heterocycles. The monoisotopic (exact) mass is 381 g/mol. The third kappa shape index (κ3) is 5.29. The number of urea groups is 1. The second-order valence-corrected chi connectivity index (χ2v) is 6.40. The van der Waals surface area contributed by atoms with E-state index < -0.39 is 5.97 Å². The lowest BCUT2D eigenvalue weighted by atomic mass is 10.2. The van der Waals surface area contributed by atoms with Gasteiger partial charge in [-0.2, -0.15) is 0 Å². The first-order valence-corrected chi connectivity index (χ1v) is 9.21. The van der Waals surface area contributed by atoms with Crippen LogP contribution in [0, 0.1) is 0 Å². The van der Waals surface area contributed by atoms with E-state index in [-0.39, 0.29) is 11.6 Å². The molecule has 1 aromatic carbocycles. The van der Waals surface area contributed by atoms with Gasteiger partial charge in [0.15, 0.2) is 0 Å². The van der Waals surface area contributed by atoms with E-state index in [9.17, 15) is 9.59 Å². The number of carboxylic acid groups (broad SMARTS) is 1. The van der Waals surface area contributed by atoms with Crippen molar-refractivity contribution < 1.29 is 14.7 Å². The fraction of sp³-hybridized carbons (Fsp3) is 0.300. The van der Waals surface area contributed by atoms with Crippen molar-refractivity contribution in [3.05, 3.63) is 59.9 Å². The zero-order valence-electron chi connectivity index (χ0n) is 15.5. The van der Waals surface area contributed by atoms with Gasteiger partial charge in [-0.3, -0.25) is 9.98 Å². The van der Waals surface area contributed by atoms with Crippen molar-refractivity contribution in [3.63, 3.8) is 0 Å². The highest BCUT2D eigenvalue weighted by atomic mass is 16.4. The Labute approximate surface area is 163 Å². The molecule has 1 aliphatic rings. The van der Waals surface area contributed by atoms with Crippen LogP contribution >= 0.6 is 0 Å². The van der Waals surface area contributed by atoms with Crippen LogP contribution in [0.3, 0.4) is 0 Å². The van der Waals surface area contributed by atoms with Crippen LogP contribution in [0.4, 0.5) is 10.5 Å². The molecule has 2 amide bonds. The first kappa shape index (κ1) is 19.3. The third-order valence-electron chi connectivity index (χ3n) is 4.37. The van der Waals surface area contributed by atoms with Crippen LogP contribution in [-0.2, 0) is 0 Å². The van der Waals surface area contributed by atoms with E-state index in [1.807, 2.05) is 12.1 Å². The maximum absolute atomic E-state index is 12.0. The Bertz CT molecular complexity index is 837. The minimum absolute atomic E-state index is 0.180. The molecule has 3 rings (SSSR count). The van der Waals surface area contributed by atoms with Crippen molar-refractivity contribution in [2.24, 2.45) is 4.99 Å². The summed E-state index contributed by atoms with van der Waals surface area (Å²) in [6.07, 6.45) is 5.34. The Morgan fingerprint density at radius 2 is 1.86 bits per heavy atom.